The van der Waals surface area contributed by atoms with Gasteiger partial charge in [-0.3, -0.25) is 4.99 Å². The molecular weight excluding hydrogens is 124 g/mol. The molecule has 1 saturated carbocycles. The van der Waals surface area contributed by atoms with Gasteiger partial charge in [-0.15, -0.1) is 0 Å². The molecule has 2 atom stereocenters. The minimum absolute atomic E-state index is 0.638. The maximum Gasteiger partial charge on any atom is 0.0854 e. The molecule has 1 aliphatic carbocycles. The Morgan fingerprint density at radius 2 is 2.20 bits per heavy atom. The van der Waals surface area contributed by atoms with Gasteiger partial charge in [0, 0.05) is 7.05 Å². The third kappa shape index (κ3) is 0.825. The standard InChI is InChI=1S/C8H14N2/c1-10-6-9-7-4-2-3-5-8(7)10/h6-8H,2-5H2,1H3. The highest BCUT2D eigenvalue weighted by molar-refractivity contribution is 5.58. The minimum atomic E-state index is 0.638. The average Bonchev–Trinajstić information content (AvgIpc) is 2.34. The van der Waals surface area contributed by atoms with Crippen LogP contribution in [0.4, 0.5) is 0 Å². The monoisotopic (exact) mass is 138 g/mol. The van der Waals surface area contributed by atoms with Crippen LogP contribution >= 0.6 is 0 Å². The van der Waals surface area contributed by atoms with E-state index in [0.29, 0.717) is 6.04 Å². The summed E-state index contributed by atoms with van der Waals surface area (Å²) in [5, 5.41) is 0. The van der Waals surface area contributed by atoms with Crippen LogP contribution in [0.25, 0.3) is 0 Å². The van der Waals surface area contributed by atoms with Crippen LogP contribution in [0.2, 0.25) is 0 Å². The van der Waals surface area contributed by atoms with Crippen LogP contribution in [0.3, 0.4) is 0 Å². The van der Waals surface area contributed by atoms with Gasteiger partial charge in [0.1, 0.15) is 0 Å². The second kappa shape index (κ2) is 2.26. The molecule has 2 rings (SSSR count). The number of hydrogen-bond acceptors (Lipinski definition) is 2. The highest BCUT2D eigenvalue weighted by Crippen LogP contribution is 2.27. The molecule has 0 saturated heterocycles. The fraction of sp³-hybridized carbons (Fsp3) is 0.875. The highest BCUT2D eigenvalue weighted by atomic mass is 15.2. The van der Waals surface area contributed by atoms with Crippen molar-refractivity contribution in [3.05, 3.63) is 0 Å². The quantitative estimate of drug-likeness (QED) is 0.492. The molecule has 1 aliphatic heterocycles. The SMILES string of the molecule is CN1C=NC2CCCCC21. The van der Waals surface area contributed by atoms with Crippen molar-refractivity contribution in [2.75, 3.05) is 7.05 Å². The van der Waals surface area contributed by atoms with Gasteiger partial charge in [0.15, 0.2) is 0 Å². The predicted octanol–water partition coefficient (Wildman–Crippen LogP) is 1.27. The number of nitrogens with zero attached hydrogens (tertiary/aromatic N) is 2. The van der Waals surface area contributed by atoms with Crippen LogP contribution in [0.5, 0.6) is 0 Å². The first kappa shape index (κ1) is 6.20. The van der Waals surface area contributed by atoms with Crippen molar-refractivity contribution in [1.82, 2.24) is 4.90 Å². The summed E-state index contributed by atoms with van der Waals surface area (Å²) in [6.07, 6.45) is 7.44. The number of fused-ring (bicyclic) bond motifs is 1. The maximum absolute atomic E-state index is 4.44. The van der Waals surface area contributed by atoms with E-state index in [1.54, 1.807) is 0 Å². The van der Waals surface area contributed by atoms with E-state index in [9.17, 15) is 0 Å². The molecule has 0 aromatic rings. The van der Waals surface area contributed by atoms with Crippen LogP contribution in [-0.4, -0.2) is 30.4 Å². The fourth-order valence-corrected chi connectivity index (χ4v) is 2.02. The maximum atomic E-state index is 4.44. The molecule has 1 heterocycles. The lowest BCUT2D eigenvalue weighted by molar-refractivity contribution is 0.279. The van der Waals surface area contributed by atoms with Crippen molar-refractivity contribution >= 4 is 6.34 Å². The van der Waals surface area contributed by atoms with Crippen LogP contribution in [0.15, 0.2) is 4.99 Å². The molecule has 56 valence electrons. The molecule has 10 heavy (non-hydrogen) atoms. The Morgan fingerprint density at radius 3 is 3.00 bits per heavy atom. The summed E-state index contributed by atoms with van der Waals surface area (Å²) >= 11 is 0. The fourth-order valence-electron chi connectivity index (χ4n) is 2.02. The molecule has 0 bridgehead atoms. The Balaban J connectivity index is 2.07. The molecule has 0 aromatic carbocycles. The van der Waals surface area contributed by atoms with Crippen molar-refractivity contribution in [3.8, 4) is 0 Å². The lowest BCUT2D eigenvalue weighted by Crippen LogP contribution is -2.35. The Labute approximate surface area is 61.9 Å². The van der Waals surface area contributed by atoms with E-state index in [1.165, 1.54) is 25.7 Å². The number of likely N-dealkylation sites (N-methyl/N-ethyl adjacent to an activating group) is 1. The second-order valence-electron chi connectivity index (χ2n) is 3.35. The van der Waals surface area contributed by atoms with Gasteiger partial charge in [-0.05, 0) is 12.8 Å². The molecule has 2 unspecified atom stereocenters. The summed E-state index contributed by atoms with van der Waals surface area (Å²) in [4.78, 5) is 6.71. The van der Waals surface area contributed by atoms with Gasteiger partial charge in [-0.2, -0.15) is 0 Å². The van der Waals surface area contributed by atoms with Crippen molar-refractivity contribution in [1.29, 1.82) is 0 Å². The van der Waals surface area contributed by atoms with Gasteiger partial charge in [0.05, 0.1) is 18.4 Å². The molecule has 0 radical (unpaired) electrons. The van der Waals surface area contributed by atoms with Crippen molar-refractivity contribution in [2.45, 2.75) is 37.8 Å². The van der Waals surface area contributed by atoms with E-state index in [-0.39, 0.29) is 0 Å². The van der Waals surface area contributed by atoms with E-state index >= 15 is 0 Å². The molecule has 2 nitrogen and oxygen atoms in total. The Kier molecular flexibility index (Phi) is 1.40. The molecule has 0 N–H and O–H groups in total. The van der Waals surface area contributed by atoms with Crippen LogP contribution < -0.4 is 0 Å². The van der Waals surface area contributed by atoms with Crippen molar-refractivity contribution in [3.63, 3.8) is 0 Å². The van der Waals surface area contributed by atoms with Crippen molar-refractivity contribution < 1.29 is 0 Å². The summed E-state index contributed by atoms with van der Waals surface area (Å²) < 4.78 is 0. The molecule has 1 fully saturated rings. The van der Waals surface area contributed by atoms with Gasteiger partial charge in [-0.25, -0.2) is 0 Å². The van der Waals surface area contributed by atoms with E-state index in [0.717, 1.165) is 6.04 Å². The topological polar surface area (TPSA) is 15.6 Å². The summed E-state index contributed by atoms with van der Waals surface area (Å²) in [5.74, 6) is 0. The zero-order valence-corrected chi connectivity index (χ0v) is 6.45. The number of rotatable bonds is 0. The summed E-state index contributed by atoms with van der Waals surface area (Å²) in [7, 11) is 2.14. The number of aliphatic imine (C=N–C) groups is 1. The zero-order chi connectivity index (χ0) is 6.97. The average molecular weight is 138 g/mol. The highest BCUT2D eigenvalue weighted by Gasteiger charge is 2.30. The van der Waals surface area contributed by atoms with E-state index in [2.05, 4.69) is 16.9 Å². The first-order valence-electron chi connectivity index (χ1n) is 4.13. The van der Waals surface area contributed by atoms with Gasteiger partial charge in [-0.1, -0.05) is 12.8 Å². The summed E-state index contributed by atoms with van der Waals surface area (Å²) in [6, 6.07) is 1.38. The second-order valence-corrected chi connectivity index (χ2v) is 3.35. The first-order chi connectivity index (χ1) is 4.88. The first-order valence-corrected chi connectivity index (χ1v) is 4.13. The predicted molar refractivity (Wildman–Crippen MR) is 42.3 cm³/mol. The normalized spacial score (nSPS) is 38.3. The Morgan fingerprint density at radius 1 is 1.40 bits per heavy atom. The van der Waals surface area contributed by atoms with Gasteiger partial charge >= 0.3 is 0 Å². The Bertz CT molecular complexity index is 153. The molecule has 2 aliphatic rings. The van der Waals surface area contributed by atoms with Crippen LogP contribution in [0, 0.1) is 0 Å². The van der Waals surface area contributed by atoms with Crippen LogP contribution in [0.1, 0.15) is 25.7 Å². The third-order valence-electron chi connectivity index (χ3n) is 2.66. The van der Waals surface area contributed by atoms with Crippen LogP contribution in [-0.2, 0) is 0 Å². The molecule has 2 heteroatoms. The minimum Gasteiger partial charge on any atom is -0.361 e. The van der Waals surface area contributed by atoms with Gasteiger partial charge in [0.25, 0.3) is 0 Å². The lowest BCUT2D eigenvalue weighted by atomic mass is 9.91. The smallest absolute Gasteiger partial charge is 0.0854 e. The third-order valence-corrected chi connectivity index (χ3v) is 2.66. The van der Waals surface area contributed by atoms with E-state index in [1.807, 2.05) is 6.34 Å². The van der Waals surface area contributed by atoms with Gasteiger partial charge < -0.3 is 4.90 Å². The molecular formula is C8H14N2. The van der Waals surface area contributed by atoms with E-state index < -0.39 is 0 Å². The lowest BCUT2D eigenvalue weighted by Gasteiger charge is -2.28. The summed E-state index contributed by atoms with van der Waals surface area (Å²) in [6.45, 7) is 0. The van der Waals surface area contributed by atoms with E-state index in [4.69, 9.17) is 0 Å². The van der Waals surface area contributed by atoms with Crippen molar-refractivity contribution in [2.24, 2.45) is 4.99 Å². The summed E-state index contributed by atoms with van der Waals surface area (Å²) in [5.41, 5.74) is 0. The zero-order valence-electron chi connectivity index (χ0n) is 6.45. The molecule has 0 amide bonds. The van der Waals surface area contributed by atoms with Gasteiger partial charge in [0.2, 0.25) is 0 Å². The largest absolute Gasteiger partial charge is 0.361 e. The number of hydrogen-bond donors (Lipinski definition) is 0. The molecule has 0 spiro atoms. The Hall–Kier alpha value is -0.530. The molecule has 0 aromatic heterocycles.